The minimum atomic E-state index is -0.310. The van der Waals surface area contributed by atoms with Crippen LogP contribution in [0, 0.1) is 11.8 Å². The van der Waals surface area contributed by atoms with Crippen LogP contribution in [0.1, 0.15) is 49.9 Å². The number of anilines is 1. The number of allylic oxidation sites excluding steroid dienone is 2. The number of Topliss-reactive ketones (excluding diaryl/α,β-unsaturated/α-hetero) is 1. The van der Waals surface area contributed by atoms with Gasteiger partial charge < -0.3 is 10.1 Å². The minimum absolute atomic E-state index is 0.0514. The molecule has 5 heteroatoms. The van der Waals surface area contributed by atoms with Crippen molar-refractivity contribution in [2.45, 2.75) is 39.5 Å². The fraction of sp³-hybridized carbons (Fsp3) is 0.450. The molecule has 1 aromatic carbocycles. The maximum Gasteiger partial charge on any atom is 0.309 e. The molecule has 0 heterocycles. The molecule has 5 nitrogen and oxygen atoms in total. The van der Waals surface area contributed by atoms with E-state index >= 15 is 0 Å². The van der Waals surface area contributed by atoms with Crippen molar-refractivity contribution in [2.24, 2.45) is 11.8 Å². The van der Waals surface area contributed by atoms with Gasteiger partial charge in [-0.05, 0) is 49.4 Å². The molecule has 1 aromatic rings. The third-order valence-electron chi connectivity index (χ3n) is 4.03. The second-order valence-corrected chi connectivity index (χ2v) is 6.74. The van der Waals surface area contributed by atoms with Crippen molar-refractivity contribution < 1.29 is 19.1 Å². The predicted molar refractivity (Wildman–Crippen MR) is 96.3 cm³/mol. The van der Waals surface area contributed by atoms with Gasteiger partial charge in [0.2, 0.25) is 5.91 Å². The first kappa shape index (κ1) is 18.9. The van der Waals surface area contributed by atoms with Gasteiger partial charge in [-0.2, -0.15) is 0 Å². The Morgan fingerprint density at radius 2 is 1.88 bits per heavy atom. The van der Waals surface area contributed by atoms with E-state index in [-0.39, 0.29) is 36.1 Å². The Bertz CT molecular complexity index is 646. The van der Waals surface area contributed by atoms with Gasteiger partial charge in [-0.3, -0.25) is 14.4 Å². The quantitative estimate of drug-likeness (QED) is 0.465. The van der Waals surface area contributed by atoms with Crippen molar-refractivity contribution in [3.63, 3.8) is 0 Å². The number of ketones is 1. The van der Waals surface area contributed by atoms with Crippen LogP contribution in [0.15, 0.2) is 36.4 Å². The van der Waals surface area contributed by atoms with Crippen LogP contribution in [0.25, 0.3) is 0 Å². The highest BCUT2D eigenvalue weighted by molar-refractivity contribution is 5.99. The highest BCUT2D eigenvalue weighted by atomic mass is 16.5. The molecular formula is C20H25NO4. The number of carbonyl (C=O) groups is 3. The lowest BCUT2D eigenvalue weighted by atomic mass is 9.95. The molecule has 134 valence electrons. The van der Waals surface area contributed by atoms with Crippen LogP contribution in [0.3, 0.4) is 0 Å². The normalized spacial score (nSPS) is 16.5. The predicted octanol–water partition coefficient (Wildman–Crippen LogP) is 3.75. The Balaban J connectivity index is 1.82. The molecule has 1 unspecified atom stereocenters. The zero-order valence-corrected chi connectivity index (χ0v) is 14.8. The largest absolute Gasteiger partial charge is 0.457 e. The Hall–Kier alpha value is -2.43. The third kappa shape index (κ3) is 6.18. The molecule has 1 atom stereocenters. The number of hydrogen-bond donors (Lipinski definition) is 1. The summed E-state index contributed by atoms with van der Waals surface area (Å²) < 4.78 is 5.14. The molecule has 0 aromatic heterocycles. The molecule has 1 aliphatic rings. The summed E-state index contributed by atoms with van der Waals surface area (Å²) in [6.45, 7) is 3.70. The van der Waals surface area contributed by atoms with Gasteiger partial charge in [-0.1, -0.05) is 26.0 Å². The summed E-state index contributed by atoms with van der Waals surface area (Å²) >= 11 is 0. The number of nitrogens with one attached hydrogen (secondary N) is 1. The second kappa shape index (κ2) is 9.16. The first-order valence-corrected chi connectivity index (χ1v) is 8.70. The van der Waals surface area contributed by atoms with Crippen molar-refractivity contribution >= 4 is 23.3 Å². The summed E-state index contributed by atoms with van der Waals surface area (Å²) in [6, 6.07) is 6.62. The molecule has 0 saturated carbocycles. The highest BCUT2D eigenvalue weighted by Crippen LogP contribution is 2.19. The van der Waals surface area contributed by atoms with E-state index in [0.29, 0.717) is 24.1 Å². The van der Waals surface area contributed by atoms with Gasteiger partial charge in [0, 0.05) is 17.7 Å². The van der Waals surface area contributed by atoms with Gasteiger partial charge in [0.15, 0.2) is 12.4 Å². The number of hydrogen-bond acceptors (Lipinski definition) is 4. The molecule has 0 radical (unpaired) electrons. The summed E-state index contributed by atoms with van der Waals surface area (Å²) in [7, 11) is 0. The Labute approximate surface area is 148 Å². The maximum absolute atomic E-state index is 12.1. The average molecular weight is 343 g/mol. The molecule has 0 saturated heterocycles. The number of rotatable bonds is 7. The Morgan fingerprint density at radius 1 is 1.16 bits per heavy atom. The third-order valence-corrected chi connectivity index (χ3v) is 4.03. The van der Waals surface area contributed by atoms with Crippen molar-refractivity contribution in [2.75, 3.05) is 11.9 Å². The zero-order chi connectivity index (χ0) is 18.2. The van der Waals surface area contributed by atoms with Crippen LogP contribution in [-0.4, -0.2) is 24.3 Å². The average Bonchev–Trinajstić information content (AvgIpc) is 2.60. The molecule has 0 spiro atoms. The van der Waals surface area contributed by atoms with E-state index in [1.807, 2.05) is 19.9 Å². The topological polar surface area (TPSA) is 72.5 Å². The summed E-state index contributed by atoms with van der Waals surface area (Å²) in [4.78, 5) is 35.8. The Morgan fingerprint density at radius 3 is 2.48 bits per heavy atom. The molecular weight excluding hydrogens is 318 g/mol. The summed E-state index contributed by atoms with van der Waals surface area (Å²) in [5.74, 6) is -0.467. The second-order valence-electron chi connectivity index (χ2n) is 6.74. The molecule has 0 bridgehead atoms. The molecule has 0 aliphatic heterocycles. The monoisotopic (exact) mass is 343 g/mol. The lowest BCUT2D eigenvalue weighted by Crippen LogP contribution is -2.22. The molecule has 25 heavy (non-hydrogen) atoms. The first-order valence-electron chi connectivity index (χ1n) is 8.70. The van der Waals surface area contributed by atoms with Gasteiger partial charge in [0.1, 0.15) is 0 Å². The van der Waals surface area contributed by atoms with Crippen molar-refractivity contribution in [1.82, 2.24) is 0 Å². The van der Waals surface area contributed by atoms with E-state index in [4.69, 9.17) is 4.74 Å². The summed E-state index contributed by atoms with van der Waals surface area (Å²) in [5, 5.41) is 2.79. The smallest absolute Gasteiger partial charge is 0.309 e. The van der Waals surface area contributed by atoms with E-state index in [2.05, 4.69) is 11.4 Å². The van der Waals surface area contributed by atoms with Crippen molar-refractivity contribution in [1.29, 1.82) is 0 Å². The SMILES string of the molecule is CC(C)CC(=O)Nc1ccc(C(=O)COC(=O)C2CC=CCC2)cc1. The lowest BCUT2D eigenvalue weighted by molar-refractivity contribution is -0.147. The van der Waals surface area contributed by atoms with E-state index in [1.165, 1.54) is 0 Å². The van der Waals surface area contributed by atoms with Crippen molar-refractivity contribution in [3.05, 3.63) is 42.0 Å². The maximum atomic E-state index is 12.1. The van der Waals surface area contributed by atoms with E-state index in [9.17, 15) is 14.4 Å². The van der Waals surface area contributed by atoms with E-state index in [1.54, 1.807) is 24.3 Å². The van der Waals surface area contributed by atoms with Gasteiger partial charge in [-0.15, -0.1) is 0 Å². The number of esters is 1. The van der Waals surface area contributed by atoms with Gasteiger partial charge >= 0.3 is 5.97 Å². The number of amides is 1. The van der Waals surface area contributed by atoms with E-state index in [0.717, 1.165) is 12.8 Å². The standard InChI is InChI=1S/C20H25NO4/c1-14(2)12-19(23)21-17-10-8-15(9-11-17)18(22)13-25-20(24)16-6-4-3-5-7-16/h3-4,8-11,14,16H,5-7,12-13H2,1-2H3,(H,21,23). The van der Waals surface area contributed by atoms with Crippen LogP contribution in [-0.2, 0) is 14.3 Å². The molecule has 1 aliphatic carbocycles. The molecule has 2 rings (SSSR count). The number of carbonyl (C=O) groups excluding carboxylic acids is 3. The van der Waals surface area contributed by atoms with Crippen LogP contribution < -0.4 is 5.32 Å². The van der Waals surface area contributed by atoms with Crippen LogP contribution in [0.5, 0.6) is 0 Å². The fourth-order valence-corrected chi connectivity index (χ4v) is 2.67. The van der Waals surface area contributed by atoms with Crippen LogP contribution in [0.4, 0.5) is 5.69 Å². The molecule has 1 amide bonds. The Kier molecular flexibility index (Phi) is 6.92. The summed E-state index contributed by atoms with van der Waals surface area (Å²) in [5.41, 5.74) is 1.10. The van der Waals surface area contributed by atoms with Crippen molar-refractivity contribution in [3.8, 4) is 0 Å². The van der Waals surface area contributed by atoms with Crippen LogP contribution in [0.2, 0.25) is 0 Å². The lowest BCUT2D eigenvalue weighted by Gasteiger charge is -2.16. The summed E-state index contributed by atoms with van der Waals surface area (Å²) in [6.07, 6.45) is 6.80. The van der Waals surface area contributed by atoms with E-state index < -0.39 is 0 Å². The number of ether oxygens (including phenoxy) is 1. The zero-order valence-electron chi connectivity index (χ0n) is 14.8. The van der Waals surface area contributed by atoms with Gasteiger partial charge in [0.05, 0.1) is 5.92 Å². The minimum Gasteiger partial charge on any atom is -0.457 e. The van der Waals surface area contributed by atoms with Gasteiger partial charge in [-0.25, -0.2) is 0 Å². The van der Waals surface area contributed by atoms with Crippen LogP contribution >= 0.6 is 0 Å². The number of benzene rings is 1. The van der Waals surface area contributed by atoms with Gasteiger partial charge in [0.25, 0.3) is 0 Å². The fourth-order valence-electron chi connectivity index (χ4n) is 2.67. The first-order chi connectivity index (χ1) is 12.0. The molecule has 1 N–H and O–H groups in total. The molecule has 0 fully saturated rings. The highest BCUT2D eigenvalue weighted by Gasteiger charge is 2.21.